The number of amides is 4. The number of pyridine rings is 1. The van der Waals surface area contributed by atoms with Gasteiger partial charge in [-0.15, -0.1) is 0 Å². The topological polar surface area (TPSA) is 179 Å². The fourth-order valence-corrected chi connectivity index (χ4v) is 5.05. The van der Waals surface area contributed by atoms with Crippen LogP contribution in [0.2, 0.25) is 0 Å². The minimum Gasteiger partial charge on any atom is -0.483 e. The van der Waals surface area contributed by atoms with Crippen molar-refractivity contribution in [3.05, 3.63) is 35.8 Å². The second kappa shape index (κ2) is 14.8. The number of hydrogen-bond donors (Lipinski definition) is 3. The fourth-order valence-electron chi connectivity index (χ4n) is 5.05. The number of aliphatic hydroxyl groups excluding tert-OH is 1. The first-order valence-electron chi connectivity index (χ1n) is 14.5. The van der Waals surface area contributed by atoms with Crippen molar-refractivity contribution in [1.82, 2.24) is 25.0 Å². The second-order valence-electron chi connectivity index (χ2n) is 10.5. The van der Waals surface area contributed by atoms with Crippen LogP contribution in [0.5, 0.6) is 5.75 Å². The van der Waals surface area contributed by atoms with Crippen LogP contribution in [0.1, 0.15) is 43.1 Å². The molecule has 0 bridgehead atoms. The number of hydrogen-bond acceptors (Lipinski definition) is 9. The highest BCUT2D eigenvalue weighted by atomic mass is 19.1. The Balaban J connectivity index is 1.50. The molecular formula is C29H36FN5O9. The van der Waals surface area contributed by atoms with Crippen molar-refractivity contribution < 1.29 is 48.0 Å². The lowest BCUT2D eigenvalue weighted by molar-refractivity contribution is -0.138. The van der Waals surface area contributed by atoms with Crippen molar-refractivity contribution in [2.75, 3.05) is 52.5 Å². The first kappa shape index (κ1) is 32.4. The zero-order chi connectivity index (χ0) is 31.8. The van der Waals surface area contributed by atoms with Gasteiger partial charge in [-0.1, -0.05) is 0 Å². The fraction of sp³-hybridized carbons (Fsp3) is 0.517. The number of aliphatic hydroxyl groups is 1. The molecule has 2 aliphatic heterocycles. The quantitative estimate of drug-likeness (QED) is 0.348. The number of piperazine rings is 1. The molecular weight excluding hydrogens is 581 g/mol. The van der Waals surface area contributed by atoms with E-state index in [4.69, 9.17) is 9.47 Å². The zero-order valence-electron chi connectivity index (χ0n) is 24.4. The van der Waals surface area contributed by atoms with Crippen LogP contribution in [0.25, 0.3) is 10.9 Å². The molecule has 4 amide bonds. The maximum atomic E-state index is 14.1. The zero-order valence-corrected chi connectivity index (χ0v) is 24.4. The van der Waals surface area contributed by atoms with E-state index in [1.54, 1.807) is 11.8 Å². The van der Waals surface area contributed by atoms with E-state index in [-0.39, 0.29) is 68.7 Å². The average molecular weight is 618 g/mol. The van der Waals surface area contributed by atoms with Gasteiger partial charge in [0, 0.05) is 63.2 Å². The van der Waals surface area contributed by atoms with Gasteiger partial charge in [-0.25, -0.2) is 14.2 Å². The highest BCUT2D eigenvalue weighted by Crippen LogP contribution is 2.27. The molecule has 0 saturated carbocycles. The third-order valence-electron chi connectivity index (χ3n) is 7.50. The van der Waals surface area contributed by atoms with Crippen LogP contribution in [-0.4, -0.2) is 124 Å². The van der Waals surface area contributed by atoms with E-state index < -0.39 is 48.3 Å². The van der Waals surface area contributed by atoms with Gasteiger partial charge >= 0.3 is 12.1 Å². The summed E-state index contributed by atoms with van der Waals surface area (Å²) in [5.74, 6) is -3.36. The molecule has 4 rings (SSSR count). The molecule has 44 heavy (non-hydrogen) atoms. The Labute approximate surface area is 252 Å². The molecule has 238 valence electrons. The van der Waals surface area contributed by atoms with E-state index in [1.807, 2.05) is 0 Å². The summed E-state index contributed by atoms with van der Waals surface area (Å²) in [5.41, 5.74) is -0.156. The third-order valence-corrected chi connectivity index (χ3v) is 7.50. The number of carboxylic acids is 1. The minimum absolute atomic E-state index is 0.0738. The van der Waals surface area contributed by atoms with E-state index in [9.17, 15) is 38.6 Å². The number of aromatic nitrogens is 1. The standard InChI is InChI=1S/C29H36FN5O9/c1-2-43-29(42)35-13-11-34(12-14-35)28(41)21(5-6-26(38)39)32-27(40)23-16-24(20-4-3-18(30)15-22(20)31-23)44-17-25(37)33-9-7-19(36)8-10-33/h3-4,15-16,19,21,36H,2,5-14,17H2,1H3,(H,32,40)(H,38,39). The average Bonchev–Trinajstić information content (AvgIpc) is 3.01. The van der Waals surface area contributed by atoms with Crippen molar-refractivity contribution in [2.24, 2.45) is 0 Å². The molecule has 3 N–H and O–H groups in total. The predicted molar refractivity (Wildman–Crippen MR) is 152 cm³/mol. The van der Waals surface area contributed by atoms with Crippen LogP contribution >= 0.6 is 0 Å². The Morgan fingerprint density at radius 1 is 1.02 bits per heavy atom. The van der Waals surface area contributed by atoms with Gasteiger partial charge < -0.3 is 39.7 Å². The Kier molecular flexibility index (Phi) is 10.9. The molecule has 1 atom stereocenters. The number of benzene rings is 1. The number of ether oxygens (including phenoxy) is 2. The maximum Gasteiger partial charge on any atom is 0.409 e. The van der Waals surface area contributed by atoms with Crippen molar-refractivity contribution in [3.8, 4) is 5.75 Å². The molecule has 14 nitrogen and oxygen atoms in total. The number of aliphatic carboxylic acids is 1. The second-order valence-corrected chi connectivity index (χ2v) is 10.5. The number of nitrogens with one attached hydrogen (secondary N) is 1. The first-order valence-corrected chi connectivity index (χ1v) is 14.5. The lowest BCUT2D eigenvalue weighted by Crippen LogP contribution is -2.56. The number of fused-ring (bicyclic) bond motifs is 1. The van der Waals surface area contributed by atoms with Gasteiger partial charge in [-0.05, 0) is 38.3 Å². The van der Waals surface area contributed by atoms with Crippen LogP contribution in [0.15, 0.2) is 24.3 Å². The van der Waals surface area contributed by atoms with Gasteiger partial charge in [0.05, 0.1) is 18.2 Å². The Morgan fingerprint density at radius 2 is 1.70 bits per heavy atom. The number of piperidine rings is 1. The number of carbonyl (C=O) groups excluding carboxylic acids is 4. The van der Waals surface area contributed by atoms with Crippen molar-refractivity contribution in [3.63, 3.8) is 0 Å². The smallest absolute Gasteiger partial charge is 0.409 e. The first-order chi connectivity index (χ1) is 21.0. The number of nitrogens with zero attached hydrogens (tertiary/aromatic N) is 4. The van der Waals surface area contributed by atoms with Crippen molar-refractivity contribution in [1.29, 1.82) is 0 Å². The highest BCUT2D eigenvalue weighted by molar-refractivity contribution is 5.99. The number of halogens is 1. The molecule has 0 radical (unpaired) electrons. The maximum absolute atomic E-state index is 14.1. The van der Waals surface area contributed by atoms with Crippen LogP contribution < -0.4 is 10.1 Å². The van der Waals surface area contributed by atoms with E-state index in [1.165, 1.54) is 28.0 Å². The lowest BCUT2D eigenvalue weighted by Gasteiger charge is -2.35. The van der Waals surface area contributed by atoms with Gasteiger partial charge in [0.2, 0.25) is 5.91 Å². The molecule has 1 aromatic carbocycles. The van der Waals surface area contributed by atoms with E-state index >= 15 is 0 Å². The summed E-state index contributed by atoms with van der Waals surface area (Å²) < 4.78 is 24.9. The molecule has 0 spiro atoms. The molecule has 2 aromatic rings. The van der Waals surface area contributed by atoms with Gasteiger partial charge in [0.1, 0.15) is 23.3 Å². The van der Waals surface area contributed by atoms with E-state index in [0.717, 1.165) is 6.07 Å². The largest absolute Gasteiger partial charge is 0.483 e. The summed E-state index contributed by atoms with van der Waals surface area (Å²) >= 11 is 0. The third kappa shape index (κ3) is 8.30. The molecule has 15 heteroatoms. The van der Waals surface area contributed by atoms with Gasteiger partial charge in [-0.2, -0.15) is 0 Å². The Hall–Kier alpha value is -4.53. The molecule has 2 saturated heterocycles. The normalized spacial score (nSPS) is 16.4. The predicted octanol–water partition coefficient (Wildman–Crippen LogP) is 1.000. The van der Waals surface area contributed by atoms with Crippen molar-refractivity contribution in [2.45, 2.75) is 44.8 Å². The Morgan fingerprint density at radius 3 is 2.36 bits per heavy atom. The van der Waals surface area contributed by atoms with E-state index in [0.29, 0.717) is 31.3 Å². The van der Waals surface area contributed by atoms with Crippen LogP contribution in [-0.2, 0) is 19.1 Å². The van der Waals surface area contributed by atoms with Crippen LogP contribution in [0.4, 0.5) is 9.18 Å². The minimum atomic E-state index is -1.22. The summed E-state index contributed by atoms with van der Waals surface area (Å²) in [6.07, 6.45) is -0.654. The summed E-state index contributed by atoms with van der Waals surface area (Å²) in [7, 11) is 0. The molecule has 1 unspecified atom stereocenters. The number of rotatable bonds is 10. The molecule has 2 aliphatic rings. The molecule has 2 fully saturated rings. The molecule has 1 aromatic heterocycles. The number of likely N-dealkylation sites (tertiary alicyclic amines) is 1. The highest BCUT2D eigenvalue weighted by Gasteiger charge is 2.31. The van der Waals surface area contributed by atoms with Crippen LogP contribution in [0.3, 0.4) is 0 Å². The summed E-state index contributed by atoms with van der Waals surface area (Å²) in [5, 5.41) is 21.9. The SMILES string of the molecule is CCOC(=O)N1CCN(C(=O)C(CCC(=O)O)NC(=O)c2cc(OCC(=O)N3CCC(O)CC3)c3ccc(F)cc3n2)CC1. The summed E-state index contributed by atoms with van der Waals surface area (Å²) in [6.45, 7) is 3.02. The van der Waals surface area contributed by atoms with Gasteiger partial charge in [0.15, 0.2) is 6.61 Å². The van der Waals surface area contributed by atoms with Gasteiger partial charge in [0.25, 0.3) is 11.8 Å². The monoisotopic (exact) mass is 617 g/mol. The van der Waals surface area contributed by atoms with Gasteiger partial charge in [-0.3, -0.25) is 19.2 Å². The van der Waals surface area contributed by atoms with Crippen LogP contribution in [0, 0.1) is 5.82 Å². The summed E-state index contributed by atoms with van der Waals surface area (Å²) in [6, 6.07) is 3.75. The number of carboxylic acid groups (broad SMARTS) is 1. The van der Waals surface area contributed by atoms with E-state index in [2.05, 4.69) is 10.3 Å². The number of carbonyl (C=O) groups is 5. The molecule has 0 aliphatic carbocycles. The molecule has 3 heterocycles. The summed E-state index contributed by atoms with van der Waals surface area (Å²) in [4.78, 5) is 71.5. The Bertz CT molecular complexity index is 1390. The van der Waals surface area contributed by atoms with Crippen molar-refractivity contribution >= 4 is 40.7 Å². The lowest BCUT2D eigenvalue weighted by atomic mass is 10.1.